The highest BCUT2D eigenvalue weighted by Gasteiger charge is 2.21. The predicted molar refractivity (Wildman–Crippen MR) is 72.7 cm³/mol. The lowest BCUT2D eigenvalue weighted by Crippen LogP contribution is -2.33. The van der Waals surface area contributed by atoms with Crippen molar-refractivity contribution >= 4 is 10.0 Å². The summed E-state index contributed by atoms with van der Waals surface area (Å²) in [5, 5.41) is 17.7. The zero-order valence-corrected chi connectivity index (χ0v) is 11.7. The first-order chi connectivity index (χ1) is 9.05. The first-order valence-electron chi connectivity index (χ1n) is 6.11. The Balaban J connectivity index is 2.92. The fourth-order valence-corrected chi connectivity index (χ4v) is 3.41. The standard InChI is InChI=1S/C13H18N2O3S/c1-2-15(8-5-9-16)19(17,18)11-13-7-4-3-6-12(13)10-14/h3-4,6-7,16H,2,5,8-9,11H2,1H3. The Hall–Kier alpha value is -1.42. The molecule has 1 aromatic rings. The van der Waals surface area contributed by atoms with Gasteiger partial charge in [-0.15, -0.1) is 0 Å². The van der Waals surface area contributed by atoms with Gasteiger partial charge in [0.2, 0.25) is 10.0 Å². The maximum atomic E-state index is 12.2. The van der Waals surface area contributed by atoms with Gasteiger partial charge < -0.3 is 5.11 Å². The van der Waals surface area contributed by atoms with Crippen LogP contribution in [0.2, 0.25) is 0 Å². The van der Waals surface area contributed by atoms with Gasteiger partial charge in [0.05, 0.1) is 17.4 Å². The van der Waals surface area contributed by atoms with E-state index < -0.39 is 10.0 Å². The summed E-state index contributed by atoms with van der Waals surface area (Å²) in [4.78, 5) is 0. The monoisotopic (exact) mass is 282 g/mol. The summed E-state index contributed by atoms with van der Waals surface area (Å²) in [6.07, 6.45) is 0.410. The van der Waals surface area contributed by atoms with Crippen molar-refractivity contribution in [2.24, 2.45) is 0 Å². The van der Waals surface area contributed by atoms with E-state index >= 15 is 0 Å². The minimum Gasteiger partial charge on any atom is -0.396 e. The molecule has 104 valence electrons. The van der Waals surface area contributed by atoms with Crippen LogP contribution in [-0.4, -0.2) is 37.5 Å². The molecule has 0 aromatic heterocycles. The minimum atomic E-state index is -3.46. The third-order valence-electron chi connectivity index (χ3n) is 2.79. The highest BCUT2D eigenvalue weighted by molar-refractivity contribution is 7.88. The maximum absolute atomic E-state index is 12.2. The fraction of sp³-hybridized carbons (Fsp3) is 0.462. The average molecular weight is 282 g/mol. The lowest BCUT2D eigenvalue weighted by Gasteiger charge is -2.20. The molecule has 1 aromatic carbocycles. The number of sulfonamides is 1. The van der Waals surface area contributed by atoms with Crippen LogP contribution in [-0.2, 0) is 15.8 Å². The molecular formula is C13H18N2O3S. The van der Waals surface area contributed by atoms with E-state index in [2.05, 4.69) is 0 Å². The van der Waals surface area contributed by atoms with E-state index in [1.807, 2.05) is 6.07 Å². The van der Waals surface area contributed by atoms with Crippen LogP contribution in [0.25, 0.3) is 0 Å². The molecule has 0 aliphatic rings. The lowest BCUT2D eigenvalue weighted by molar-refractivity contribution is 0.271. The van der Waals surface area contributed by atoms with E-state index in [0.717, 1.165) is 0 Å². The molecule has 0 atom stereocenters. The molecule has 0 heterocycles. The molecular weight excluding hydrogens is 264 g/mol. The maximum Gasteiger partial charge on any atom is 0.218 e. The van der Waals surface area contributed by atoms with Gasteiger partial charge in [0, 0.05) is 19.7 Å². The number of hydrogen-bond acceptors (Lipinski definition) is 4. The Morgan fingerprint density at radius 2 is 2.05 bits per heavy atom. The van der Waals surface area contributed by atoms with Gasteiger partial charge in [0.25, 0.3) is 0 Å². The molecule has 0 fully saturated rings. The number of rotatable bonds is 7. The lowest BCUT2D eigenvalue weighted by atomic mass is 10.1. The summed E-state index contributed by atoms with van der Waals surface area (Å²) in [6, 6.07) is 8.67. The van der Waals surface area contributed by atoms with Crippen LogP contribution in [0.1, 0.15) is 24.5 Å². The molecule has 0 amide bonds. The summed E-state index contributed by atoms with van der Waals surface area (Å²) in [5.74, 6) is -0.185. The van der Waals surface area contributed by atoms with Gasteiger partial charge >= 0.3 is 0 Å². The largest absolute Gasteiger partial charge is 0.396 e. The molecule has 0 radical (unpaired) electrons. The number of aliphatic hydroxyl groups excluding tert-OH is 1. The number of nitriles is 1. The van der Waals surface area contributed by atoms with Crippen molar-refractivity contribution in [1.29, 1.82) is 5.26 Å². The molecule has 0 saturated heterocycles. The van der Waals surface area contributed by atoms with E-state index in [1.54, 1.807) is 31.2 Å². The quantitative estimate of drug-likeness (QED) is 0.811. The molecule has 0 unspecified atom stereocenters. The summed E-state index contributed by atoms with van der Waals surface area (Å²) in [5.41, 5.74) is 0.886. The van der Waals surface area contributed by atoms with Gasteiger partial charge in [-0.3, -0.25) is 0 Å². The minimum absolute atomic E-state index is 0.0409. The first kappa shape index (κ1) is 15.6. The smallest absolute Gasteiger partial charge is 0.218 e. The Morgan fingerprint density at radius 1 is 1.37 bits per heavy atom. The number of hydrogen-bond donors (Lipinski definition) is 1. The van der Waals surface area contributed by atoms with Crippen LogP contribution in [0.3, 0.4) is 0 Å². The highest BCUT2D eigenvalue weighted by atomic mass is 32.2. The van der Waals surface area contributed by atoms with Gasteiger partial charge in [-0.25, -0.2) is 12.7 Å². The van der Waals surface area contributed by atoms with Crippen molar-refractivity contribution in [3.05, 3.63) is 35.4 Å². The molecule has 0 aliphatic carbocycles. The molecule has 0 bridgehead atoms. The molecule has 1 rings (SSSR count). The van der Waals surface area contributed by atoms with Crippen molar-refractivity contribution in [3.8, 4) is 6.07 Å². The molecule has 19 heavy (non-hydrogen) atoms. The van der Waals surface area contributed by atoms with Crippen LogP contribution in [0.5, 0.6) is 0 Å². The van der Waals surface area contributed by atoms with E-state index in [1.165, 1.54) is 4.31 Å². The van der Waals surface area contributed by atoms with Gasteiger partial charge in [0.1, 0.15) is 0 Å². The Morgan fingerprint density at radius 3 is 2.63 bits per heavy atom. The Labute approximate surface area is 114 Å². The van der Waals surface area contributed by atoms with Crippen LogP contribution >= 0.6 is 0 Å². The van der Waals surface area contributed by atoms with Gasteiger partial charge in [-0.1, -0.05) is 25.1 Å². The molecule has 0 spiro atoms. The highest BCUT2D eigenvalue weighted by Crippen LogP contribution is 2.15. The molecule has 0 aliphatic heterocycles. The fourth-order valence-electron chi connectivity index (χ4n) is 1.78. The second-order valence-corrected chi connectivity index (χ2v) is 6.06. The SMILES string of the molecule is CCN(CCCO)S(=O)(=O)Cc1ccccc1C#N. The van der Waals surface area contributed by atoms with Crippen molar-refractivity contribution in [3.63, 3.8) is 0 Å². The number of nitrogens with zero attached hydrogens (tertiary/aromatic N) is 2. The molecule has 0 saturated carbocycles. The van der Waals surface area contributed by atoms with Crippen molar-refractivity contribution in [1.82, 2.24) is 4.31 Å². The van der Waals surface area contributed by atoms with E-state index in [9.17, 15) is 8.42 Å². The zero-order valence-electron chi connectivity index (χ0n) is 10.9. The Kier molecular flexibility index (Phi) is 5.96. The van der Waals surface area contributed by atoms with Crippen LogP contribution in [0.15, 0.2) is 24.3 Å². The molecule has 6 heteroatoms. The van der Waals surface area contributed by atoms with Gasteiger partial charge in [-0.2, -0.15) is 5.26 Å². The summed E-state index contributed by atoms with van der Waals surface area (Å²) < 4.78 is 25.8. The van der Waals surface area contributed by atoms with E-state index in [0.29, 0.717) is 30.6 Å². The second kappa shape index (κ2) is 7.24. The van der Waals surface area contributed by atoms with Crippen LogP contribution in [0, 0.1) is 11.3 Å². The molecule has 1 N–H and O–H groups in total. The van der Waals surface area contributed by atoms with Gasteiger partial charge in [0.15, 0.2) is 0 Å². The second-order valence-electron chi connectivity index (χ2n) is 4.09. The Bertz CT molecular complexity index is 549. The van der Waals surface area contributed by atoms with Crippen LogP contribution in [0.4, 0.5) is 0 Å². The van der Waals surface area contributed by atoms with Crippen molar-refractivity contribution < 1.29 is 13.5 Å². The van der Waals surface area contributed by atoms with Gasteiger partial charge in [-0.05, 0) is 18.1 Å². The average Bonchev–Trinajstić information content (AvgIpc) is 2.39. The predicted octanol–water partition coefficient (Wildman–Crippen LogP) is 1.09. The molecule has 5 nitrogen and oxygen atoms in total. The normalized spacial score (nSPS) is 11.5. The van der Waals surface area contributed by atoms with E-state index in [-0.39, 0.29) is 12.4 Å². The zero-order chi connectivity index (χ0) is 14.3. The first-order valence-corrected chi connectivity index (χ1v) is 7.72. The van der Waals surface area contributed by atoms with Crippen LogP contribution < -0.4 is 0 Å². The summed E-state index contributed by atoms with van der Waals surface area (Å²) >= 11 is 0. The third-order valence-corrected chi connectivity index (χ3v) is 4.69. The van der Waals surface area contributed by atoms with Crippen molar-refractivity contribution in [2.45, 2.75) is 19.1 Å². The number of aliphatic hydroxyl groups is 1. The van der Waals surface area contributed by atoms with Crippen molar-refractivity contribution in [2.75, 3.05) is 19.7 Å². The number of benzene rings is 1. The summed E-state index contributed by atoms with van der Waals surface area (Å²) in [6.45, 7) is 2.37. The third kappa shape index (κ3) is 4.31. The summed E-state index contributed by atoms with van der Waals surface area (Å²) in [7, 11) is -3.46. The topological polar surface area (TPSA) is 81.4 Å². The van der Waals surface area contributed by atoms with E-state index in [4.69, 9.17) is 10.4 Å².